The number of hydrogen-bond donors (Lipinski definition) is 3. The van der Waals surface area contributed by atoms with Crippen LogP contribution in [0.2, 0.25) is 0 Å². The maximum Gasteiger partial charge on any atom is 0.306 e. The Morgan fingerprint density at radius 3 is 2.57 bits per heavy atom. The van der Waals surface area contributed by atoms with Gasteiger partial charge in [0.05, 0.1) is 47.9 Å². The van der Waals surface area contributed by atoms with Crippen molar-refractivity contribution >= 4 is 17.7 Å². The number of epoxide rings is 1. The molecule has 0 saturated carbocycles. The van der Waals surface area contributed by atoms with Gasteiger partial charge in [0.1, 0.15) is 0 Å². The van der Waals surface area contributed by atoms with Gasteiger partial charge in [0, 0.05) is 29.0 Å². The summed E-state index contributed by atoms with van der Waals surface area (Å²) in [6.45, 7) is 14.9. The second kappa shape index (κ2) is 10.0. The fourth-order valence-electron chi connectivity index (χ4n) is 6.31. The number of thioether (sulfide) groups is 1. The molecule has 0 spiro atoms. The first kappa shape index (κ1) is 27.0. The third-order valence-corrected chi connectivity index (χ3v) is 9.75. The second-order valence-corrected chi connectivity index (χ2v) is 13.2. The summed E-state index contributed by atoms with van der Waals surface area (Å²) in [5.41, 5.74) is 8.29. The molecule has 0 aromatic carbocycles. The van der Waals surface area contributed by atoms with Crippen LogP contribution in [-0.2, 0) is 19.0 Å². The molecular weight excluding hydrogens is 464 g/mol. The number of carbonyl (C=O) groups is 1. The van der Waals surface area contributed by atoms with Crippen molar-refractivity contribution in [2.24, 2.45) is 23.0 Å². The number of nitrogens with one attached hydrogen (secondary N) is 1. The summed E-state index contributed by atoms with van der Waals surface area (Å²) < 4.78 is 19.3. The van der Waals surface area contributed by atoms with Gasteiger partial charge in [0.2, 0.25) is 0 Å². The van der Waals surface area contributed by atoms with Crippen LogP contribution in [0.5, 0.6) is 0 Å². The van der Waals surface area contributed by atoms with Crippen molar-refractivity contribution in [3.05, 3.63) is 22.8 Å². The van der Waals surface area contributed by atoms with Crippen molar-refractivity contribution in [1.29, 1.82) is 0 Å². The quantitative estimate of drug-likeness (QED) is 0.393. The monoisotopic (exact) mass is 508 g/mol. The van der Waals surface area contributed by atoms with Crippen molar-refractivity contribution in [2.75, 3.05) is 0 Å². The molecule has 7 nitrogen and oxygen atoms in total. The number of rotatable bonds is 9. The van der Waals surface area contributed by atoms with Gasteiger partial charge in [0.15, 0.2) is 0 Å². The Morgan fingerprint density at radius 1 is 1.23 bits per heavy atom. The molecule has 0 aromatic rings. The highest BCUT2D eigenvalue weighted by Gasteiger charge is 2.57. The van der Waals surface area contributed by atoms with Gasteiger partial charge in [-0.3, -0.25) is 4.79 Å². The SMILES string of the molecule is C/C(=C\C1=CSC(C)N1)[C@@H](N)C[C@@H]1O[C@]1(C)CCC1OC2[C@H](C)[C@@H](O[C@@H](CC(=O)O)C2(C)C)[C@@H]1C. The van der Waals surface area contributed by atoms with E-state index in [4.69, 9.17) is 19.9 Å². The van der Waals surface area contributed by atoms with Crippen molar-refractivity contribution < 1.29 is 24.1 Å². The Balaban J connectivity index is 1.31. The minimum atomic E-state index is -0.822. The molecule has 4 heterocycles. The van der Waals surface area contributed by atoms with Gasteiger partial charge in [-0.15, -0.1) is 11.8 Å². The molecule has 4 aliphatic rings. The van der Waals surface area contributed by atoms with E-state index in [1.54, 1.807) is 11.8 Å². The minimum Gasteiger partial charge on any atom is -0.481 e. The Bertz CT molecular complexity index is 876. The molecule has 2 bridgehead atoms. The summed E-state index contributed by atoms with van der Waals surface area (Å²) in [6, 6.07) is -0.0316. The molecule has 3 saturated heterocycles. The first-order valence-corrected chi connectivity index (χ1v) is 14.0. The normalized spacial score (nSPS) is 43.3. The molecule has 8 heteroatoms. The van der Waals surface area contributed by atoms with E-state index in [0.717, 1.165) is 30.5 Å². The molecule has 4 aliphatic heterocycles. The molecule has 0 aliphatic carbocycles. The molecule has 198 valence electrons. The van der Waals surface area contributed by atoms with Crippen LogP contribution in [0.4, 0.5) is 0 Å². The van der Waals surface area contributed by atoms with Gasteiger partial charge in [-0.05, 0) is 51.5 Å². The zero-order valence-corrected chi connectivity index (χ0v) is 23.1. The molecule has 0 amide bonds. The summed E-state index contributed by atoms with van der Waals surface area (Å²) in [6.07, 6.45) is 4.67. The molecular formula is C27H44N2O5S. The number of hydrogen-bond acceptors (Lipinski definition) is 7. The number of nitrogens with two attached hydrogens (primary N) is 1. The van der Waals surface area contributed by atoms with Gasteiger partial charge in [-0.25, -0.2) is 0 Å². The zero-order valence-electron chi connectivity index (χ0n) is 22.2. The Labute approximate surface area is 214 Å². The topological polar surface area (TPSA) is 106 Å². The molecule has 4 N–H and O–H groups in total. The Morgan fingerprint density at radius 2 is 1.94 bits per heavy atom. The highest BCUT2D eigenvalue weighted by Crippen LogP contribution is 2.51. The maximum atomic E-state index is 11.4. The fourth-order valence-corrected chi connectivity index (χ4v) is 7.00. The van der Waals surface area contributed by atoms with E-state index in [2.05, 4.69) is 65.3 Å². The van der Waals surface area contributed by atoms with E-state index >= 15 is 0 Å². The molecule has 0 radical (unpaired) electrons. The summed E-state index contributed by atoms with van der Waals surface area (Å²) >= 11 is 1.78. The number of carboxylic acids is 1. The lowest BCUT2D eigenvalue weighted by Gasteiger charge is -2.57. The van der Waals surface area contributed by atoms with Crippen molar-refractivity contribution in [3.8, 4) is 0 Å². The average Bonchev–Trinajstić information content (AvgIpc) is 3.20. The van der Waals surface area contributed by atoms with Gasteiger partial charge >= 0.3 is 5.97 Å². The zero-order chi connectivity index (χ0) is 25.7. The van der Waals surface area contributed by atoms with Crippen LogP contribution < -0.4 is 11.1 Å². The first-order valence-electron chi connectivity index (χ1n) is 13.1. The lowest BCUT2D eigenvalue weighted by atomic mass is 9.66. The van der Waals surface area contributed by atoms with Crippen LogP contribution in [0, 0.1) is 17.3 Å². The van der Waals surface area contributed by atoms with E-state index in [1.807, 2.05) is 0 Å². The van der Waals surface area contributed by atoms with E-state index < -0.39 is 5.97 Å². The predicted octanol–water partition coefficient (Wildman–Crippen LogP) is 4.42. The number of carboxylic acid groups (broad SMARTS) is 1. The highest BCUT2D eigenvalue weighted by atomic mass is 32.2. The van der Waals surface area contributed by atoms with Crippen LogP contribution >= 0.6 is 11.8 Å². The van der Waals surface area contributed by atoms with Crippen LogP contribution in [0.25, 0.3) is 0 Å². The second-order valence-electron chi connectivity index (χ2n) is 12.0. The minimum absolute atomic E-state index is 0.0143. The lowest BCUT2D eigenvalue weighted by molar-refractivity contribution is -0.292. The summed E-state index contributed by atoms with van der Waals surface area (Å²) in [5.74, 6) is -0.382. The standard InChI is InChI=1S/C27H44N2O5S/c1-14(10-18-13-35-17(4)29-18)19(28)11-22-27(7,34-22)9-8-20-15(2)24-16(3)25(32-20)26(5,6)21(33-24)12-23(30)31/h10,13,15-17,19-22,24-25,29H,8-9,11-12,28H2,1-7H3,(H,30,31)/b14-10+/t15-,16-,17?,19+,20?,21+,22+,24+,25?,27-/m1/s1. The van der Waals surface area contributed by atoms with E-state index in [0.29, 0.717) is 5.37 Å². The molecule has 3 unspecified atom stereocenters. The summed E-state index contributed by atoms with van der Waals surface area (Å²) in [5, 5.41) is 15.4. The largest absolute Gasteiger partial charge is 0.481 e. The molecule has 4 rings (SSSR count). The van der Waals surface area contributed by atoms with E-state index in [9.17, 15) is 9.90 Å². The van der Waals surface area contributed by atoms with Crippen molar-refractivity contribution in [3.63, 3.8) is 0 Å². The molecule has 0 aromatic heterocycles. The Hall–Kier alpha value is -1.06. The van der Waals surface area contributed by atoms with Gasteiger partial charge in [0.25, 0.3) is 0 Å². The predicted molar refractivity (Wildman–Crippen MR) is 139 cm³/mol. The smallest absolute Gasteiger partial charge is 0.306 e. The van der Waals surface area contributed by atoms with E-state index in [1.165, 1.54) is 0 Å². The third-order valence-electron chi connectivity index (χ3n) is 8.83. The van der Waals surface area contributed by atoms with E-state index in [-0.39, 0.29) is 65.8 Å². The third kappa shape index (κ3) is 5.61. The summed E-state index contributed by atoms with van der Waals surface area (Å²) in [4.78, 5) is 11.4. The lowest BCUT2D eigenvalue weighted by Crippen LogP contribution is -2.64. The summed E-state index contributed by atoms with van der Waals surface area (Å²) in [7, 11) is 0. The number of fused-ring (bicyclic) bond motifs is 2. The molecule has 3 fully saturated rings. The number of allylic oxidation sites excluding steroid dienone is 1. The maximum absolute atomic E-state index is 11.4. The van der Waals surface area contributed by atoms with Crippen molar-refractivity contribution in [2.45, 2.75) is 122 Å². The Kier molecular flexibility index (Phi) is 7.72. The number of aliphatic carboxylic acids is 1. The van der Waals surface area contributed by atoms with Gasteiger partial charge in [-0.2, -0.15) is 0 Å². The molecule has 10 atom stereocenters. The van der Waals surface area contributed by atoms with Crippen LogP contribution in [0.15, 0.2) is 22.8 Å². The first-order chi connectivity index (χ1) is 16.3. The van der Waals surface area contributed by atoms with Crippen LogP contribution in [0.1, 0.15) is 74.1 Å². The van der Waals surface area contributed by atoms with Crippen LogP contribution in [0.3, 0.4) is 0 Å². The van der Waals surface area contributed by atoms with Crippen molar-refractivity contribution in [1.82, 2.24) is 5.32 Å². The number of ether oxygens (including phenoxy) is 3. The average molecular weight is 509 g/mol. The van der Waals surface area contributed by atoms with Crippen LogP contribution in [-0.4, -0.2) is 58.6 Å². The highest BCUT2D eigenvalue weighted by molar-refractivity contribution is 8.02. The van der Waals surface area contributed by atoms with Gasteiger partial charge < -0.3 is 30.4 Å². The fraction of sp³-hybridized carbons (Fsp3) is 0.815. The molecule has 35 heavy (non-hydrogen) atoms. The van der Waals surface area contributed by atoms with Gasteiger partial charge in [-0.1, -0.05) is 33.3 Å².